The van der Waals surface area contributed by atoms with Crippen LogP contribution in [0, 0.1) is 5.41 Å². The summed E-state index contributed by atoms with van der Waals surface area (Å²) in [6, 6.07) is 0. The Morgan fingerprint density at radius 2 is 1.59 bits per heavy atom. The van der Waals surface area contributed by atoms with Gasteiger partial charge in [-0.25, -0.2) is 0 Å². The van der Waals surface area contributed by atoms with Gasteiger partial charge < -0.3 is 10.5 Å². The normalized spacial score (nSPS) is 13.0. The molecule has 0 bridgehead atoms. The summed E-state index contributed by atoms with van der Waals surface area (Å²) in [4.78, 5) is 0. The molecule has 3 heteroatoms. The standard InChI is InChI=1S/C19H36N2O/c1-4-5-6-13-16-20-17-14-11-9-7-8-10-12-15-19(2,3)18-21-22/h9-12,18,20,22H,4-8,13-17H2,1-3H3. The van der Waals surface area contributed by atoms with Gasteiger partial charge in [0.2, 0.25) is 0 Å². The maximum Gasteiger partial charge on any atom is 0.0495 e. The Morgan fingerprint density at radius 1 is 0.909 bits per heavy atom. The molecule has 0 aromatic carbocycles. The predicted octanol–water partition coefficient (Wildman–Crippen LogP) is 5.32. The van der Waals surface area contributed by atoms with Gasteiger partial charge in [0.05, 0.1) is 0 Å². The van der Waals surface area contributed by atoms with Crippen molar-refractivity contribution in [1.82, 2.24) is 5.32 Å². The highest BCUT2D eigenvalue weighted by Gasteiger charge is 2.12. The third kappa shape index (κ3) is 15.3. The van der Waals surface area contributed by atoms with Crippen molar-refractivity contribution in [2.75, 3.05) is 13.1 Å². The Kier molecular flexibility index (Phi) is 14.1. The minimum Gasteiger partial charge on any atom is -0.411 e. The Balaban J connectivity index is 3.41. The first-order valence-electron chi connectivity index (χ1n) is 8.81. The van der Waals surface area contributed by atoms with Crippen molar-refractivity contribution in [3.63, 3.8) is 0 Å². The molecule has 0 heterocycles. The molecule has 0 spiro atoms. The fourth-order valence-electron chi connectivity index (χ4n) is 2.13. The first-order valence-corrected chi connectivity index (χ1v) is 8.81. The average molecular weight is 309 g/mol. The van der Waals surface area contributed by atoms with Crippen LogP contribution in [0.1, 0.15) is 72.1 Å². The SMILES string of the molecule is CCCCCCNCCC=CCCC=CCC(C)(C)C=NO. The van der Waals surface area contributed by atoms with Crippen LogP contribution in [-0.4, -0.2) is 24.5 Å². The van der Waals surface area contributed by atoms with E-state index in [0.717, 1.165) is 38.8 Å². The number of nitrogens with one attached hydrogen (secondary N) is 1. The van der Waals surface area contributed by atoms with Crippen LogP contribution in [0.5, 0.6) is 0 Å². The molecule has 2 N–H and O–H groups in total. The molecule has 22 heavy (non-hydrogen) atoms. The summed E-state index contributed by atoms with van der Waals surface area (Å²) in [5.74, 6) is 0. The lowest BCUT2D eigenvalue weighted by atomic mass is 9.91. The zero-order valence-corrected chi connectivity index (χ0v) is 14.9. The smallest absolute Gasteiger partial charge is 0.0495 e. The highest BCUT2D eigenvalue weighted by Crippen LogP contribution is 2.17. The molecule has 0 aromatic rings. The lowest BCUT2D eigenvalue weighted by Crippen LogP contribution is -2.15. The average Bonchev–Trinajstić information content (AvgIpc) is 2.47. The van der Waals surface area contributed by atoms with E-state index in [1.54, 1.807) is 6.21 Å². The van der Waals surface area contributed by atoms with Gasteiger partial charge in [0.15, 0.2) is 0 Å². The van der Waals surface area contributed by atoms with Crippen LogP contribution >= 0.6 is 0 Å². The van der Waals surface area contributed by atoms with Crippen LogP contribution < -0.4 is 5.32 Å². The monoisotopic (exact) mass is 308 g/mol. The lowest BCUT2D eigenvalue weighted by molar-refractivity contribution is 0.313. The first-order chi connectivity index (χ1) is 10.6. The van der Waals surface area contributed by atoms with Crippen LogP contribution in [0.25, 0.3) is 0 Å². The van der Waals surface area contributed by atoms with E-state index in [2.05, 4.69) is 55.5 Å². The second-order valence-electron chi connectivity index (χ2n) is 6.56. The Labute approximate surface area is 137 Å². The van der Waals surface area contributed by atoms with E-state index in [-0.39, 0.29) is 5.41 Å². The van der Waals surface area contributed by atoms with Gasteiger partial charge in [0.25, 0.3) is 0 Å². The van der Waals surface area contributed by atoms with Crippen molar-refractivity contribution < 1.29 is 5.21 Å². The molecular formula is C19H36N2O. The predicted molar refractivity (Wildman–Crippen MR) is 97.8 cm³/mol. The molecule has 0 fully saturated rings. The molecule has 0 aliphatic rings. The molecule has 0 atom stereocenters. The molecule has 0 unspecified atom stereocenters. The van der Waals surface area contributed by atoms with E-state index >= 15 is 0 Å². The highest BCUT2D eigenvalue weighted by atomic mass is 16.4. The largest absolute Gasteiger partial charge is 0.411 e. The second kappa shape index (κ2) is 14.8. The molecular weight excluding hydrogens is 272 g/mol. The number of hydrogen-bond acceptors (Lipinski definition) is 3. The molecule has 0 saturated heterocycles. The molecule has 0 aromatic heterocycles. The van der Waals surface area contributed by atoms with E-state index in [1.807, 2.05) is 0 Å². The first kappa shape index (κ1) is 20.9. The Hall–Kier alpha value is -1.09. The lowest BCUT2D eigenvalue weighted by Gasteiger charge is -2.14. The van der Waals surface area contributed by atoms with Gasteiger partial charge in [-0.15, -0.1) is 5.16 Å². The van der Waals surface area contributed by atoms with Gasteiger partial charge in [0, 0.05) is 11.6 Å². The van der Waals surface area contributed by atoms with Crippen molar-refractivity contribution in [2.24, 2.45) is 10.6 Å². The van der Waals surface area contributed by atoms with Crippen LogP contribution in [0.15, 0.2) is 29.5 Å². The van der Waals surface area contributed by atoms with E-state index in [4.69, 9.17) is 5.21 Å². The number of rotatable bonds is 14. The number of nitrogens with zero attached hydrogens (tertiary/aromatic N) is 1. The zero-order chi connectivity index (χ0) is 16.5. The molecule has 0 amide bonds. The van der Waals surface area contributed by atoms with E-state index < -0.39 is 0 Å². The highest BCUT2D eigenvalue weighted by molar-refractivity contribution is 5.64. The van der Waals surface area contributed by atoms with Crippen molar-refractivity contribution in [3.8, 4) is 0 Å². The van der Waals surface area contributed by atoms with Crippen LogP contribution in [0.2, 0.25) is 0 Å². The summed E-state index contributed by atoms with van der Waals surface area (Å²) < 4.78 is 0. The summed E-state index contributed by atoms with van der Waals surface area (Å²) in [5, 5.41) is 15.2. The van der Waals surface area contributed by atoms with Crippen LogP contribution in [-0.2, 0) is 0 Å². The zero-order valence-electron chi connectivity index (χ0n) is 14.9. The van der Waals surface area contributed by atoms with Gasteiger partial charge in [-0.2, -0.15) is 0 Å². The maximum absolute atomic E-state index is 8.55. The summed E-state index contributed by atoms with van der Waals surface area (Å²) >= 11 is 0. The maximum atomic E-state index is 8.55. The number of unbranched alkanes of at least 4 members (excludes halogenated alkanes) is 4. The minimum absolute atomic E-state index is 0.0656. The summed E-state index contributed by atoms with van der Waals surface area (Å²) in [7, 11) is 0. The van der Waals surface area contributed by atoms with Crippen LogP contribution in [0.4, 0.5) is 0 Å². The van der Waals surface area contributed by atoms with Crippen molar-refractivity contribution in [3.05, 3.63) is 24.3 Å². The topological polar surface area (TPSA) is 44.6 Å². The number of allylic oxidation sites excluding steroid dienone is 3. The molecule has 0 radical (unpaired) electrons. The Morgan fingerprint density at radius 3 is 2.27 bits per heavy atom. The molecule has 0 saturated carbocycles. The molecule has 0 rings (SSSR count). The summed E-state index contributed by atoms with van der Waals surface area (Å²) in [6.07, 6.45) is 20.0. The second-order valence-corrected chi connectivity index (χ2v) is 6.56. The Bertz CT molecular complexity index is 319. The quantitative estimate of drug-likeness (QED) is 0.150. The molecule has 3 nitrogen and oxygen atoms in total. The third-order valence-electron chi connectivity index (χ3n) is 3.58. The van der Waals surface area contributed by atoms with Crippen molar-refractivity contribution >= 4 is 6.21 Å². The van der Waals surface area contributed by atoms with E-state index in [1.165, 1.54) is 25.7 Å². The number of oxime groups is 1. The molecule has 128 valence electrons. The van der Waals surface area contributed by atoms with Gasteiger partial charge in [-0.3, -0.25) is 0 Å². The van der Waals surface area contributed by atoms with E-state index in [9.17, 15) is 0 Å². The number of hydrogen-bond donors (Lipinski definition) is 2. The fraction of sp³-hybridized carbons (Fsp3) is 0.737. The molecule has 0 aliphatic heterocycles. The van der Waals surface area contributed by atoms with Crippen molar-refractivity contribution in [1.29, 1.82) is 0 Å². The minimum atomic E-state index is -0.0656. The van der Waals surface area contributed by atoms with Crippen molar-refractivity contribution in [2.45, 2.75) is 72.1 Å². The van der Waals surface area contributed by atoms with Crippen LogP contribution in [0.3, 0.4) is 0 Å². The fourth-order valence-corrected chi connectivity index (χ4v) is 2.13. The summed E-state index contributed by atoms with van der Waals surface area (Å²) in [6.45, 7) is 8.62. The van der Waals surface area contributed by atoms with Gasteiger partial charge in [-0.1, -0.05) is 64.3 Å². The van der Waals surface area contributed by atoms with Gasteiger partial charge >= 0.3 is 0 Å². The summed E-state index contributed by atoms with van der Waals surface area (Å²) in [5.41, 5.74) is -0.0656. The molecule has 0 aliphatic carbocycles. The third-order valence-corrected chi connectivity index (χ3v) is 3.58. The van der Waals surface area contributed by atoms with E-state index in [0.29, 0.717) is 0 Å². The van der Waals surface area contributed by atoms with Gasteiger partial charge in [-0.05, 0) is 45.2 Å². The van der Waals surface area contributed by atoms with Gasteiger partial charge in [0.1, 0.15) is 0 Å².